The molecule has 10 heteroatoms. The van der Waals surface area contributed by atoms with Crippen LogP contribution in [0.1, 0.15) is 296 Å². The number of unbranched alkanes of at least 4 members (excludes halogenated alkanes) is 32. The molecule has 2 aromatic heterocycles. The largest absolute Gasteiger partial charge is 0.310 e. The summed E-state index contributed by atoms with van der Waals surface area (Å²) < 4.78 is 0. The second kappa shape index (κ2) is 39.4. The molecule has 2 amide bonds. The van der Waals surface area contributed by atoms with E-state index in [-0.39, 0.29) is 17.1 Å². The minimum atomic E-state index is -0.0623. The van der Waals surface area contributed by atoms with Crippen LogP contribution in [0.5, 0.6) is 0 Å². The first-order chi connectivity index (χ1) is 38.5. The lowest BCUT2D eigenvalue weighted by Crippen LogP contribution is -2.38. The van der Waals surface area contributed by atoms with Gasteiger partial charge in [-0.3, -0.25) is 14.6 Å². The third-order valence-electron chi connectivity index (χ3n) is 17.3. The molecule has 0 fully saturated rings. The third-order valence-corrected chi connectivity index (χ3v) is 21.8. The highest BCUT2D eigenvalue weighted by atomic mass is 32.2. The minimum absolute atomic E-state index is 0.0544. The number of thiophene rings is 1. The van der Waals surface area contributed by atoms with E-state index in [0.717, 1.165) is 69.1 Å². The second-order valence-electron chi connectivity index (χ2n) is 24.0. The molecular weight excluding hydrogens is 1030 g/mol. The van der Waals surface area contributed by atoms with Gasteiger partial charge < -0.3 is 9.80 Å². The lowest BCUT2D eigenvalue weighted by atomic mass is 9.93. The summed E-state index contributed by atoms with van der Waals surface area (Å²) in [5, 5.41) is 4.13. The Bertz CT molecular complexity index is 2100. The number of thioether (sulfide) groups is 2. The first-order valence-electron chi connectivity index (χ1n) is 33.2. The number of hydrogen-bond acceptors (Lipinski definition) is 8. The van der Waals surface area contributed by atoms with Crippen molar-refractivity contribution in [3.63, 3.8) is 0 Å². The molecule has 6 rings (SSSR count). The van der Waals surface area contributed by atoms with E-state index < -0.39 is 0 Å². The maximum Gasteiger partial charge on any atom is 0.261 e. The fourth-order valence-corrected chi connectivity index (χ4v) is 16.7. The van der Waals surface area contributed by atoms with E-state index in [1.165, 1.54) is 236 Å². The number of allylic oxidation sites excluding steroid dienone is 1. The van der Waals surface area contributed by atoms with Gasteiger partial charge in [-0.25, -0.2) is 4.98 Å². The van der Waals surface area contributed by atoms with Crippen molar-refractivity contribution < 1.29 is 9.59 Å². The summed E-state index contributed by atoms with van der Waals surface area (Å²) in [7, 11) is 0. The fourth-order valence-electron chi connectivity index (χ4n) is 12.6. The smallest absolute Gasteiger partial charge is 0.261 e. The summed E-state index contributed by atoms with van der Waals surface area (Å²) in [5.41, 5.74) is 3.16. The highest BCUT2D eigenvalue weighted by Gasteiger charge is 2.52. The molecule has 2 aromatic rings. The average molecular weight is 1140 g/mol. The predicted octanol–water partition coefficient (Wildman–Crippen LogP) is 22.0. The van der Waals surface area contributed by atoms with Gasteiger partial charge >= 0.3 is 0 Å². The van der Waals surface area contributed by atoms with Crippen molar-refractivity contribution >= 4 is 68.8 Å². The van der Waals surface area contributed by atoms with Crippen LogP contribution in [0, 0.1) is 11.8 Å². The first-order valence-corrected chi connectivity index (χ1v) is 36.7. The number of nitrogens with zero attached hydrogens (tertiary/aromatic N) is 4. The molecular formula is C68H110N4O2S4. The Hall–Kier alpha value is -2.14. The van der Waals surface area contributed by atoms with Crippen molar-refractivity contribution in [3.05, 3.63) is 56.4 Å². The Morgan fingerprint density at radius 1 is 0.538 bits per heavy atom. The lowest BCUT2D eigenvalue weighted by Gasteiger charge is -2.31. The van der Waals surface area contributed by atoms with Crippen LogP contribution in [0.3, 0.4) is 0 Å². The number of hydrogen-bond donors (Lipinski definition) is 0. The topological polar surface area (TPSA) is 65.9 Å². The molecule has 438 valence electrons. The third kappa shape index (κ3) is 21.9. The Morgan fingerprint density at radius 2 is 0.974 bits per heavy atom. The maximum atomic E-state index is 15.9. The molecule has 0 spiro atoms. The molecule has 0 saturated carbocycles. The van der Waals surface area contributed by atoms with Crippen molar-refractivity contribution in [1.82, 2.24) is 14.8 Å². The molecule has 4 aliphatic heterocycles. The molecule has 0 aromatic carbocycles. The summed E-state index contributed by atoms with van der Waals surface area (Å²) in [6.45, 7) is 11.2. The van der Waals surface area contributed by atoms with E-state index in [0.29, 0.717) is 42.6 Å². The van der Waals surface area contributed by atoms with Gasteiger partial charge in [-0.15, -0.1) is 34.4 Å². The van der Waals surface area contributed by atoms with E-state index in [1.54, 1.807) is 22.7 Å². The van der Waals surface area contributed by atoms with Gasteiger partial charge in [-0.1, -0.05) is 283 Å². The molecule has 0 saturated heterocycles. The van der Waals surface area contributed by atoms with Crippen molar-refractivity contribution in [2.24, 2.45) is 16.8 Å². The van der Waals surface area contributed by atoms with Gasteiger partial charge in [0.05, 0.1) is 44.1 Å². The Kier molecular flexibility index (Phi) is 32.8. The van der Waals surface area contributed by atoms with Crippen LogP contribution in [-0.4, -0.2) is 62.3 Å². The number of carbonyl (C=O) groups is 2. The SMILES string of the molecule is CCCCCCCCCCCCC(CCCCCCCCCC)CN1C(=O)C2=C(C3CN=C(C4=CCCS4)S3)N(CC(CCCCCCCCCC)CCCCCCCCCCCC)C(=O)C2=C1c1cnc(-c2cccs2)s1. The molecule has 0 N–H and O–H groups in total. The molecule has 3 atom stereocenters. The highest BCUT2D eigenvalue weighted by molar-refractivity contribution is 8.18. The zero-order chi connectivity index (χ0) is 54.8. The van der Waals surface area contributed by atoms with Crippen molar-refractivity contribution in [2.45, 2.75) is 296 Å². The van der Waals surface area contributed by atoms with Gasteiger partial charge in [0.2, 0.25) is 0 Å². The average Bonchev–Trinajstić information content (AvgIpc) is 4.42. The van der Waals surface area contributed by atoms with Crippen molar-refractivity contribution in [2.75, 3.05) is 25.4 Å². The number of thiazole rings is 1. The van der Waals surface area contributed by atoms with Crippen LogP contribution in [0.25, 0.3) is 15.6 Å². The summed E-state index contributed by atoms with van der Waals surface area (Å²) >= 11 is 7.11. The summed E-state index contributed by atoms with van der Waals surface area (Å²) in [5.74, 6) is 2.00. The second-order valence-corrected chi connectivity index (χ2v) is 28.3. The molecule has 0 bridgehead atoms. The van der Waals surface area contributed by atoms with E-state index >= 15 is 9.59 Å². The van der Waals surface area contributed by atoms with Crippen molar-refractivity contribution in [3.8, 4) is 9.88 Å². The number of amides is 2. The van der Waals surface area contributed by atoms with Gasteiger partial charge in [0.25, 0.3) is 11.8 Å². The van der Waals surface area contributed by atoms with E-state index in [1.807, 2.05) is 29.7 Å². The molecule has 0 aliphatic carbocycles. The van der Waals surface area contributed by atoms with Crippen LogP contribution < -0.4 is 0 Å². The van der Waals surface area contributed by atoms with E-state index in [2.05, 4.69) is 61.1 Å². The number of carbonyl (C=O) groups excluding carboxylic acids is 2. The zero-order valence-corrected chi connectivity index (χ0v) is 53.4. The van der Waals surface area contributed by atoms with Gasteiger partial charge in [0.15, 0.2) is 0 Å². The molecule has 4 aliphatic rings. The zero-order valence-electron chi connectivity index (χ0n) is 50.2. The van der Waals surface area contributed by atoms with Gasteiger partial charge in [0.1, 0.15) is 10.1 Å². The van der Waals surface area contributed by atoms with Crippen molar-refractivity contribution in [1.29, 1.82) is 0 Å². The quantitative estimate of drug-likeness (QED) is 0.0618. The number of aromatic nitrogens is 1. The Labute approximate surface area is 494 Å². The van der Waals surface area contributed by atoms with Crippen LogP contribution in [0.15, 0.2) is 56.5 Å². The summed E-state index contributed by atoms with van der Waals surface area (Å²) in [6.07, 6.45) is 57.5. The number of rotatable bonds is 48. The Balaban J connectivity index is 1.27. The maximum absolute atomic E-state index is 15.9. The first kappa shape index (κ1) is 65.0. The highest BCUT2D eigenvalue weighted by Crippen LogP contribution is 2.50. The predicted molar refractivity (Wildman–Crippen MR) is 346 cm³/mol. The normalized spacial score (nSPS) is 17.4. The van der Waals surface area contributed by atoms with E-state index in [9.17, 15) is 0 Å². The Morgan fingerprint density at radius 3 is 1.40 bits per heavy atom. The van der Waals surface area contributed by atoms with E-state index in [4.69, 9.17) is 9.98 Å². The minimum Gasteiger partial charge on any atom is -0.310 e. The summed E-state index contributed by atoms with van der Waals surface area (Å²) in [4.78, 5) is 49.8. The number of aliphatic imine (C=N–C) groups is 1. The van der Waals surface area contributed by atoms with Gasteiger partial charge in [-0.05, 0) is 55.4 Å². The van der Waals surface area contributed by atoms with Gasteiger partial charge in [-0.2, -0.15) is 0 Å². The van der Waals surface area contributed by atoms with Crippen LogP contribution in [0.2, 0.25) is 0 Å². The molecule has 0 radical (unpaired) electrons. The van der Waals surface area contributed by atoms with Crippen LogP contribution >= 0.6 is 46.2 Å². The van der Waals surface area contributed by atoms with Crippen LogP contribution in [-0.2, 0) is 9.59 Å². The fraction of sp³-hybridized carbons (Fsp3) is 0.765. The molecule has 3 unspecified atom stereocenters. The monoisotopic (exact) mass is 1140 g/mol. The molecule has 78 heavy (non-hydrogen) atoms. The lowest BCUT2D eigenvalue weighted by molar-refractivity contribution is -0.125. The molecule has 6 nitrogen and oxygen atoms in total. The van der Waals surface area contributed by atoms with Gasteiger partial charge in [0, 0.05) is 29.9 Å². The standard InChI is InChI=1S/C68H110N4O2S4/c1-5-9-13-17-21-25-27-31-35-39-45-55(43-37-33-29-23-19-15-11-7-3)53-71-63(59-51-69-65(77-59)57-47-41-49-75-57)61-62(67(71)73)64(60-52-70-66(78-60)58-48-42-50-76-58)72(68(61)74)54-56(44-38-34-30-24-20-16-12-8-4)46-40-36-32-28-26-22-18-14-10-6-2/h41,47-49,51,55-56,60H,5-40,42-46,50,52-54H2,1-4H3. The summed E-state index contributed by atoms with van der Waals surface area (Å²) in [6, 6.07) is 4.24. The molecule has 6 heterocycles. The number of fused-ring (bicyclic) bond motifs is 1. The van der Waals surface area contributed by atoms with Crippen LogP contribution in [0.4, 0.5) is 0 Å².